The zero-order valence-corrected chi connectivity index (χ0v) is 29.7. The maximum atomic E-state index is 9.93. The fourth-order valence-corrected chi connectivity index (χ4v) is 5.25. The molecule has 41 heavy (non-hydrogen) atoms. The fourth-order valence-electron chi connectivity index (χ4n) is 3.90. The lowest BCUT2D eigenvalue weighted by Gasteiger charge is -2.37. The molecule has 0 aliphatic rings. The van der Waals surface area contributed by atoms with E-state index in [-0.39, 0.29) is 10.1 Å². The van der Waals surface area contributed by atoms with Crippen LogP contribution in [0.4, 0.5) is 0 Å². The first-order valence-electron chi connectivity index (χ1n) is 14.4. The van der Waals surface area contributed by atoms with Gasteiger partial charge in [0.1, 0.15) is 12.4 Å². The Balaban J connectivity index is 2.36. The van der Waals surface area contributed by atoms with Gasteiger partial charge in [-0.05, 0) is 105 Å². The Morgan fingerprint density at radius 2 is 1.32 bits per heavy atom. The van der Waals surface area contributed by atoms with Crippen LogP contribution < -0.4 is 4.74 Å². The molecule has 2 aromatic carbocycles. The highest BCUT2D eigenvalue weighted by atomic mass is 28.2. The van der Waals surface area contributed by atoms with Gasteiger partial charge < -0.3 is 18.7 Å². The third kappa shape index (κ3) is 12.4. The third-order valence-corrected chi connectivity index (χ3v) is 8.60. The number of ether oxygens (including phenoxy) is 1. The summed E-state index contributed by atoms with van der Waals surface area (Å²) in [5.74, 6) is 0.805. The maximum Gasteiger partial charge on any atom is 0.236 e. The lowest BCUT2D eigenvalue weighted by Crippen LogP contribution is -2.34. The van der Waals surface area contributed by atoms with Crippen molar-refractivity contribution in [2.75, 3.05) is 0 Å². The van der Waals surface area contributed by atoms with Gasteiger partial charge in [-0.2, -0.15) is 0 Å². The highest BCUT2D eigenvalue weighted by Gasteiger charge is 2.34. The summed E-state index contributed by atoms with van der Waals surface area (Å²) in [6.45, 7) is 27.8. The summed E-state index contributed by atoms with van der Waals surface area (Å²) in [6.07, 6.45) is 5.71. The van der Waals surface area contributed by atoms with E-state index >= 15 is 0 Å². The van der Waals surface area contributed by atoms with Crippen molar-refractivity contribution in [3.8, 4) is 5.75 Å². The Hall–Kier alpha value is -1.97. The molecule has 0 aliphatic carbocycles. The normalized spacial score (nSPS) is 14.1. The second-order valence-corrected chi connectivity index (χ2v) is 18.3. The van der Waals surface area contributed by atoms with E-state index in [9.17, 15) is 5.11 Å². The van der Waals surface area contributed by atoms with Gasteiger partial charge >= 0.3 is 0 Å². The molecule has 0 bridgehead atoms. The summed E-state index contributed by atoms with van der Waals surface area (Å²) in [6, 6.07) is 14.7. The summed E-state index contributed by atoms with van der Waals surface area (Å²) < 4.78 is 19.4. The minimum Gasteiger partial charge on any atom is -0.489 e. The van der Waals surface area contributed by atoms with E-state index in [1.165, 1.54) is 0 Å². The van der Waals surface area contributed by atoms with Crippen molar-refractivity contribution < 1.29 is 18.7 Å². The van der Waals surface area contributed by atoms with Gasteiger partial charge in [-0.3, -0.25) is 0 Å². The average Bonchev–Trinajstić information content (AvgIpc) is 2.83. The molecule has 0 unspecified atom stereocenters. The minimum atomic E-state index is -0.831. The first-order chi connectivity index (χ1) is 18.6. The zero-order chi connectivity index (χ0) is 31.3. The van der Waals surface area contributed by atoms with Crippen LogP contribution in [0.15, 0.2) is 60.7 Å². The largest absolute Gasteiger partial charge is 0.489 e. The molecule has 0 saturated carbocycles. The molecule has 0 spiro atoms. The molecule has 6 heteroatoms. The molecule has 224 valence electrons. The van der Waals surface area contributed by atoms with Crippen LogP contribution in [0.25, 0.3) is 5.57 Å². The minimum absolute atomic E-state index is 0.0763. The van der Waals surface area contributed by atoms with Crippen molar-refractivity contribution in [3.05, 3.63) is 82.9 Å². The van der Waals surface area contributed by atoms with Gasteiger partial charge in [-0.15, -0.1) is 0 Å². The summed E-state index contributed by atoms with van der Waals surface area (Å²) in [5, 5.41) is 10.1. The average molecular weight is 593 g/mol. The van der Waals surface area contributed by atoms with E-state index in [4.69, 9.17) is 13.6 Å². The molecule has 0 aliphatic heterocycles. The van der Waals surface area contributed by atoms with Crippen molar-refractivity contribution in [2.24, 2.45) is 0 Å². The van der Waals surface area contributed by atoms with E-state index in [0.29, 0.717) is 26.1 Å². The van der Waals surface area contributed by atoms with Crippen molar-refractivity contribution in [1.29, 1.82) is 0 Å². The molecule has 4 radical (unpaired) electrons. The van der Waals surface area contributed by atoms with Crippen molar-refractivity contribution >= 4 is 25.1 Å². The van der Waals surface area contributed by atoms with Crippen molar-refractivity contribution in [1.82, 2.24) is 0 Å². The molecular formula is C35H52O4Si2. The van der Waals surface area contributed by atoms with E-state index in [2.05, 4.69) is 113 Å². The molecule has 0 amide bonds. The van der Waals surface area contributed by atoms with Gasteiger partial charge in [0.05, 0.1) is 16.8 Å². The van der Waals surface area contributed by atoms with Crippen LogP contribution in [0.1, 0.15) is 112 Å². The Bertz CT molecular complexity index is 1210. The van der Waals surface area contributed by atoms with Gasteiger partial charge in [0, 0.05) is 0 Å². The van der Waals surface area contributed by atoms with E-state index < -0.39 is 16.8 Å². The van der Waals surface area contributed by atoms with Crippen LogP contribution in [0.3, 0.4) is 0 Å². The van der Waals surface area contributed by atoms with Gasteiger partial charge in [-0.1, -0.05) is 84.0 Å². The Labute approximate surface area is 255 Å². The van der Waals surface area contributed by atoms with Crippen LogP contribution in [-0.2, 0) is 26.7 Å². The van der Waals surface area contributed by atoms with Crippen LogP contribution in [0.5, 0.6) is 5.75 Å². The van der Waals surface area contributed by atoms with Crippen LogP contribution in [0.2, 0.25) is 10.1 Å². The Morgan fingerprint density at radius 3 is 1.85 bits per heavy atom. The van der Waals surface area contributed by atoms with Crippen LogP contribution in [0, 0.1) is 0 Å². The molecule has 0 atom stereocenters. The SMILES string of the molecule is CC(=CC=CC(C)(C)O)c1cccc(COc2ccc(C(C)(C)O[Si]C(C)(C)C)c(C(C)(C)O[Si]C(C)(C)C)c2)c1. The lowest BCUT2D eigenvalue weighted by molar-refractivity contribution is 0.0826. The zero-order valence-electron chi connectivity index (χ0n) is 27.7. The van der Waals surface area contributed by atoms with Crippen LogP contribution >= 0.6 is 0 Å². The van der Waals surface area contributed by atoms with Gasteiger partial charge in [0.2, 0.25) is 19.5 Å². The number of benzene rings is 2. The molecule has 4 nitrogen and oxygen atoms in total. The summed E-state index contributed by atoms with van der Waals surface area (Å²) in [5.41, 5.74) is 3.70. The van der Waals surface area contributed by atoms with E-state index in [0.717, 1.165) is 33.6 Å². The first kappa shape index (κ1) is 35.2. The summed E-state index contributed by atoms with van der Waals surface area (Å²) in [7, 11) is 0.724. The topological polar surface area (TPSA) is 47.9 Å². The second-order valence-electron chi connectivity index (χ2n) is 14.5. The molecule has 1 N–H and O–H groups in total. The third-order valence-electron chi connectivity index (χ3n) is 6.15. The smallest absolute Gasteiger partial charge is 0.236 e. The molecular weight excluding hydrogens is 541 g/mol. The van der Waals surface area contributed by atoms with Gasteiger partial charge in [-0.25, -0.2) is 0 Å². The van der Waals surface area contributed by atoms with Gasteiger partial charge in [0.25, 0.3) is 0 Å². The predicted octanol–water partition coefficient (Wildman–Crippen LogP) is 9.17. The molecule has 0 saturated heterocycles. The van der Waals surface area contributed by atoms with Gasteiger partial charge in [0.15, 0.2) is 0 Å². The highest BCUT2D eigenvalue weighted by Crippen LogP contribution is 2.40. The molecule has 2 rings (SSSR count). The van der Waals surface area contributed by atoms with Crippen LogP contribution in [-0.4, -0.2) is 30.2 Å². The lowest BCUT2D eigenvalue weighted by atomic mass is 9.85. The molecule has 0 fully saturated rings. The predicted molar refractivity (Wildman–Crippen MR) is 175 cm³/mol. The van der Waals surface area contributed by atoms with Crippen molar-refractivity contribution in [3.63, 3.8) is 0 Å². The Morgan fingerprint density at radius 1 is 0.756 bits per heavy atom. The number of allylic oxidation sites excluding steroid dienone is 3. The first-order valence-corrected chi connectivity index (χ1v) is 16.3. The molecule has 0 aromatic heterocycles. The number of hydrogen-bond donors (Lipinski definition) is 1. The highest BCUT2D eigenvalue weighted by molar-refractivity contribution is 6.32. The quantitative estimate of drug-likeness (QED) is 0.197. The second kappa shape index (κ2) is 13.6. The van der Waals surface area contributed by atoms with E-state index in [1.54, 1.807) is 19.9 Å². The molecule has 0 heterocycles. The van der Waals surface area contributed by atoms with Crippen molar-refractivity contribution in [2.45, 2.75) is 123 Å². The Kier molecular flexibility index (Phi) is 11.6. The monoisotopic (exact) mass is 592 g/mol. The maximum absolute atomic E-state index is 9.93. The summed E-state index contributed by atoms with van der Waals surface area (Å²) >= 11 is 0. The number of hydrogen-bond acceptors (Lipinski definition) is 4. The standard InChI is InChI=1S/C35H52O4Si2/c1-25(16-15-21-33(8,9)36)27-18-14-17-26(22-27)24-37-28-19-20-29(34(10,11)38-40-31(2,3)4)30(23-28)35(12,13)39-41-32(5,6)7/h14-23,36H,24H2,1-13H3. The summed E-state index contributed by atoms with van der Waals surface area (Å²) in [4.78, 5) is 0. The number of rotatable bonds is 12. The molecule has 2 aromatic rings. The fraction of sp³-hybridized carbons (Fsp3) is 0.543. The number of aliphatic hydroxyl groups is 1. The van der Waals surface area contributed by atoms with E-state index in [1.807, 2.05) is 18.2 Å².